The van der Waals surface area contributed by atoms with Crippen molar-refractivity contribution in [2.24, 2.45) is 0 Å². The van der Waals surface area contributed by atoms with Gasteiger partial charge in [0.25, 0.3) is 5.56 Å². The highest BCUT2D eigenvalue weighted by Crippen LogP contribution is 2.25. The highest BCUT2D eigenvalue weighted by Gasteiger charge is 2.24. The molecule has 1 atom stereocenters. The zero-order chi connectivity index (χ0) is 17.6. The van der Waals surface area contributed by atoms with E-state index in [1.807, 2.05) is 31.2 Å². The highest BCUT2D eigenvalue weighted by molar-refractivity contribution is 5.96. The first-order valence-corrected chi connectivity index (χ1v) is 7.71. The van der Waals surface area contributed by atoms with Crippen molar-refractivity contribution >= 4 is 17.0 Å². The molecule has 126 valence electrons. The van der Waals surface area contributed by atoms with Crippen molar-refractivity contribution < 1.29 is 9.53 Å². The molecular weight excluding hydrogens is 322 g/mol. The Kier molecular flexibility index (Phi) is 3.38. The number of rotatable bonds is 3. The number of H-pyrrole nitrogens is 2. The molecular formula is C17H15N5O3. The van der Waals surface area contributed by atoms with Crippen molar-refractivity contribution in [1.82, 2.24) is 24.7 Å². The van der Waals surface area contributed by atoms with E-state index in [-0.39, 0.29) is 17.2 Å². The number of nitrogens with zero attached hydrogens (tertiary/aromatic N) is 3. The van der Waals surface area contributed by atoms with Crippen LogP contribution in [0.25, 0.3) is 22.3 Å². The fourth-order valence-corrected chi connectivity index (χ4v) is 2.85. The molecule has 4 rings (SSSR count). The van der Waals surface area contributed by atoms with E-state index in [0.717, 1.165) is 16.9 Å². The van der Waals surface area contributed by atoms with Crippen LogP contribution in [0.15, 0.2) is 41.5 Å². The molecule has 2 N–H and O–H groups in total. The summed E-state index contributed by atoms with van der Waals surface area (Å²) in [6, 6.07) is 7.48. The first kappa shape index (κ1) is 15.1. The number of fused-ring (bicyclic) bond motifs is 2. The average Bonchev–Trinajstić information content (AvgIpc) is 3.23. The van der Waals surface area contributed by atoms with Gasteiger partial charge < -0.3 is 14.3 Å². The summed E-state index contributed by atoms with van der Waals surface area (Å²) in [6.45, 7) is 1.93. The van der Waals surface area contributed by atoms with Gasteiger partial charge in [0, 0.05) is 12.4 Å². The lowest BCUT2D eigenvalue weighted by Gasteiger charge is -2.16. The Morgan fingerprint density at radius 2 is 2.08 bits per heavy atom. The number of hydrogen-bond donors (Lipinski definition) is 2. The lowest BCUT2D eigenvalue weighted by atomic mass is 10.1. The van der Waals surface area contributed by atoms with Crippen molar-refractivity contribution in [3.8, 4) is 11.3 Å². The molecule has 3 heterocycles. The number of carbonyl (C=O) groups excluding carboxylic acids is 1. The molecule has 8 nitrogen and oxygen atoms in total. The van der Waals surface area contributed by atoms with Crippen LogP contribution in [-0.4, -0.2) is 37.8 Å². The van der Waals surface area contributed by atoms with Crippen molar-refractivity contribution in [1.29, 1.82) is 0 Å². The third-order valence-corrected chi connectivity index (χ3v) is 4.24. The molecule has 0 saturated heterocycles. The molecule has 0 fully saturated rings. The maximum atomic E-state index is 12.1. The Bertz CT molecular complexity index is 1070. The Morgan fingerprint density at radius 1 is 1.28 bits per heavy atom. The van der Waals surface area contributed by atoms with Crippen LogP contribution in [0.1, 0.15) is 29.1 Å². The van der Waals surface area contributed by atoms with Gasteiger partial charge in [0.2, 0.25) is 0 Å². The summed E-state index contributed by atoms with van der Waals surface area (Å²) < 4.78 is 6.56. The minimum absolute atomic E-state index is 0.223. The molecule has 0 radical (unpaired) electrons. The van der Waals surface area contributed by atoms with Crippen LogP contribution >= 0.6 is 0 Å². The monoisotopic (exact) mass is 337 g/mol. The van der Waals surface area contributed by atoms with E-state index < -0.39 is 5.97 Å². The fraction of sp³-hybridized carbons (Fsp3) is 0.176. The second-order valence-electron chi connectivity index (χ2n) is 5.74. The van der Waals surface area contributed by atoms with Gasteiger partial charge in [0.05, 0.1) is 29.7 Å². The molecule has 0 spiro atoms. The molecule has 0 aliphatic carbocycles. The molecule has 1 aromatic carbocycles. The van der Waals surface area contributed by atoms with Gasteiger partial charge in [0.15, 0.2) is 0 Å². The number of carbonyl (C=O) groups is 1. The van der Waals surface area contributed by atoms with Gasteiger partial charge in [-0.3, -0.25) is 4.79 Å². The van der Waals surface area contributed by atoms with E-state index >= 15 is 0 Å². The van der Waals surface area contributed by atoms with Crippen LogP contribution in [0.2, 0.25) is 0 Å². The number of methoxy groups -OCH3 is 1. The van der Waals surface area contributed by atoms with E-state index in [1.54, 1.807) is 17.0 Å². The first-order chi connectivity index (χ1) is 12.1. The summed E-state index contributed by atoms with van der Waals surface area (Å²) in [4.78, 5) is 31.9. The highest BCUT2D eigenvalue weighted by atomic mass is 16.5. The number of hydrogen-bond acceptors (Lipinski definition) is 5. The van der Waals surface area contributed by atoms with Crippen LogP contribution in [0.3, 0.4) is 0 Å². The Labute approximate surface area is 141 Å². The molecule has 25 heavy (non-hydrogen) atoms. The van der Waals surface area contributed by atoms with Crippen LogP contribution in [0, 0.1) is 0 Å². The van der Waals surface area contributed by atoms with Crippen molar-refractivity contribution in [2.75, 3.05) is 7.11 Å². The molecule has 0 unspecified atom stereocenters. The van der Waals surface area contributed by atoms with E-state index in [2.05, 4.69) is 20.2 Å². The lowest BCUT2D eigenvalue weighted by Crippen LogP contribution is -2.15. The number of pyridine rings is 1. The van der Waals surface area contributed by atoms with Crippen LogP contribution in [-0.2, 0) is 4.74 Å². The Balaban J connectivity index is 1.87. The zero-order valence-corrected chi connectivity index (χ0v) is 13.6. The van der Waals surface area contributed by atoms with E-state index in [9.17, 15) is 9.59 Å². The van der Waals surface area contributed by atoms with Crippen LogP contribution in [0.4, 0.5) is 0 Å². The molecule has 1 aromatic heterocycles. The van der Waals surface area contributed by atoms with Gasteiger partial charge in [-0.15, -0.1) is 0 Å². The van der Waals surface area contributed by atoms with Gasteiger partial charge in [-0.1, -0.05) is 12.1 Å². The molecule has 2 aliphatic heterocycles. The SMILES string of the molecule is COC(=O)c1cn([C@H](C)c2nc3ccccc3[nH]2)cc2c(=O)[nH]nc1-2. The minimum atomic E-state index is -0.553. The number of esters is 1. The minimum Gasteiger partial charge on any atom is -0.465 e. The normalized spacial score (nSPS) is 12.6. The Morgan fingerprint density at radius 3 is 2.84 bits per heavy atom. The maximum absolute atomic E-state index is 12.1. The summed E-state index contributed by atoms with van der Waals surface area (Å²) in [5.74, 6) is 0.167. The first-order valence-electron chi connectivity index (χ1n) is 7.71. The number of para-hydroxylation sites is 2. The van der Waals surface area contributed by atoms with Gasteiger partial charge >= 0.3 is 5.97 Å². The number of aromatic amines is 2. The number of benzene rings is 1. The van der Waals surface area contributed by atoms with Crippen LogP contribution in [0.5, 0.6) is 0 Å². The average molecular weight is 337 g/mol. The summed E-state index contributed by atoms with van der Waals surface area (Å²) in [6.07, 6.45) is 3.28. The van der Waals surface area contributed by atoms with Gasteiger partial charge in [-0.2, -0.15) is 5.10 Å². The molecule has 2 aliphatic rings. The second kappa shape index (κ2) is 5.59. The summed E-state index contributed by atoms with van der Waals surface area (Å²) >= 11 is 0. The van der Waals surface area contributed by atoms with Crippen molar-refractivity contribution in [2.45, 2.75) is 13.0 Å². The smallest absolute Gasteiger partial charge is 0.341 e. The topological polar surface area (TPSA) is 106 Å². The molecule has 0 bridgehead atoms. The molecule has 0 saturated carbocycles. The Hall–Kier alpha value is -3.42. The quantitative estimate of drug-likeness (QED) is 0.556. The van der Waals surface area contributed by atoms with Crippen LogP contribution < -0.4 is 5.56 Å². The largest absolute Gasteiger partial charge is 0.465 e. The molecule has 0 amide bonds. The maximum Gasteiger partial charge on any atom is 0.341 e. The predicted octanol–water partition coefficient (Wildman–Crippen LogP) is 1.95. The molecule has 8 heteroatoms. The third-order valence-electron chi connectivity index (χ3n) is 4.24. The van der Waals surface area contributed by atoms with Crippen molar-refractivity contribution in [3.05, 3.63) is 58.4 Å². The number of imidazole rings is 1. The summed E-state index contributed by atoms with van der Waals surface area (Å²) in [7, 11) is 1.29. The third kappa shape index (κ3) is 2.38. The zero-order valence-electron chi connectivity index (χ0n) is 13.6. The number of ether oxygens (including phenoxy) is 1. The van der Waals surface area contributed by atoms with E-state index in [0.29, 0.717) is 11.3 Å². The van der Waals surface area contributed by atoms with E-state index in [4.69, 9.17) is 4.74 Å². The number of nitrogens with one attached hydrogen (secondary N) is 2. The lowest BCUT2D eigenvalue weighted by molar-refractivity contribution is 0.0600. The van der Waals surface area contributed by atoms with Crippen molar-refractivity contribution in [3.63, 3.8) is 0 Å². The van der Waals surface area contributed by atoms with Gasteiger partial charge in [0.1, 0.15) is 17.1 Å². The number of aromatic nitrogens is 5. The summed E-state index contributed by atoms with van der Waals surface area (Å²) in [5, 5.41) is 6.29. The standard InChI is InChI=1S/C17H15N5O3/c1-9(15-18-12-5-3-4-6-13(12)19-15)22-7-10-14(20-21-16(10)23)11(8-22)17(24)25-2/h3-9H,1-2H3,(H,18,19)(H,21,23)/t9-/m1/s1. The second-order valence-corrected chi connectivity index (χ2v) is 5.74. The van der Waals surface area contributed by atoms with E-state index in [1.165, 1.54) is 7.11 Å². The van der Waals surface area contributed by atoms with Gasteiger partial charge in [-0.05, 0) is 19.1 Å². The fourth-order valence-electron chi connectivity index (χ4n) is 2.85. The molecule has 2 aromatic rings. The van der Waals surface area contributed by atoms with Gasteiger partial charge in [-0.25, -0.2) is 14.9 Å². The summed E-state index contributed by atoms with van der Waals surface area (Å²) in [5.41, 5.74) is 2.27. The predicted molar refractivity (Wildman–Crippen MR) is 90.7 cm³/mol.